The van der Waals surface area contributed by atoms with Crippen LogP contribution in [0, 0.1) is 11.6 Å². The number of hydrogen-bond acceptors (Lipinski definition) is 5. The lowest BCUT2D eigenvalue weighted by Crippen LogP contribution is -2.64. The molecule has 2 N–H and O–H groups in total. The lowest BCUT2D eigenvalue weighted by molar-refractivity contribution is -0.00946. The Labute approximate surface area is 113 Å². The molecule has 0 aliphatic carbocycles. The molecule has 0 spiro atoms. The summed E-state index contributed by atoms with van der Waals surface area (Å²) in [4.78, 5) is 5.17. The van der Waals surface area contributed by atoms with Crippen LogP contribution in [0.4, 0.5) is 8.78 Å². The van der Waals surface area contributed by atoms with Gasteiger partial charge in [0.25, 0.3) is 0 Å². The highest BCUT2D eigenvalue weighted by Crippen LogP contribution is 2.28. The van der Waals surface area contributed by atoms with Crippen molar-refractivity contribution in [1.82, 2.24) is 20.2 Å². The Morgan fingerprint density at radius 1 is 1.35 bits per heavy atom. The highest BCUT2D eigenvalue weighted by Gasteiger charge is 2.41. The molecule has 0 saturated carbocycles. The van der Waals surface area contributed by atoms with Crippen LogP contribution in [0.25, 0.3) is 0 Å². The summed E-state index contributed by atoms with van der Waals surface area (Å²) in [7, 11) is 0. The first kappa shape index (κ1) is 12.9. The largest absolute Gasteiger partial charge is 0.365 e. The number of benzene rings is 1. The first-order valence-corrected chi connectivity index (χ1v) is 6.12. The average molecular weight is 281 g/mol. The number of rotatable bonds is 2. The van der Waals surface area contributed by atoms with Gasteiger partial charge in [-0.3, -0.25) is 5.01 Å². The third-order valence-corrected chi connectivity index (χ3v) is 3.32. The molecule has 106 valence electrons. The van der Waals surface area contributed by atoms with Crippen molar-refractivity contribution in [2.45, 2.75) is 5.72 Å². The van der Waals surface area contributed by atoms with Gasteiger partial charge in [-0.2, -0.15) is 4.79 Å². The van der Waals surface area contributed by atoms with E-state index in [0.717, 1.165) is 12.1 Å². The minimum Gasteiger partial charge on any atom is -0.365 e. The van der Waals surface area contributed by atoms with Crippen LogP contribution >= 0.6 is 0 Å². The number of aliphatic hydroxyl groups is 1. The Hall–Kier alpha value is -2.06. The molecule has 1 aliphatic rings. The van der Waals surface area contributed by atoms with Gasteiger partial charge in [0.2, 0.25) is 0 Å². The van der Waals surface area contributed by atoms with Gasteiger partial charge in [-0.05, 0) is 12.1 Å². The number of halogens is 2. The van der Waals surface area contributed by atoms with Crippen LogP contribution in [-0.2, 0) is 5.72 Å². The molecule has 6 nitrogen and oxygen atoms in total. The summed E-state index contributed by atoms with van der Waals surface area (Å²) in [5, 5.41) is 19.3. The summed E-state index contributed by atoms with van der Waals surface area (Å²) in [5.41, 5.74) is -1.68. The summed E-state index contributed by atoms with van der Waals surface area (Å²) < 4.78 is 27.0. The van der Waals surface area contributed by atoms with Gasteiger partial charge in [-0.15, -0.1) is 5.10 Å². The molecule has 1 aromatic heterocycles. The maximum atomic E-state index is 14.0. The van der Waals surface area contributed by atoms with E-state index in [-0.39, 0.29) is 12.1 Å². The van der Waals surface area contributed by atoms with Crippen molar-refractivity contribution in [3.8, 4) is 0 Å². The van der Waals surface area contributed by atoms with E-state index in [0.29, 0.717) is 13.1 Å². The first-order chi connectivity index (χ1) is 9.61. The maximum Gasteiger partial charge on any atom is 0.195 e. The van der Waals surface area contributed by atoms with Gasteiger partial charge in [0, 0.05) is 24.7 Å². The van der Waals surface area contributed by atoms with E-state index in [1.807, 2.05) is 0 Å². The monoisotopic (exact) mass is 281 g/mol. The van der Waals surface area contributed by atoms with Gasteiger partial charge in [-0.1, -0.05) is 0 Å². The molecule has 1 aliphatic heterocycles. The molecule has 1 atom stereocenters. The van der Waals surface area contributed by atoms with Crippen molar-refractivity contribution < 1.29 is 13.9 Å². The maximum absolute atomic E-state index is 14.0. The van der Waals surface area contributed by atoms with E-state index >= 15 is 0 Å². The molecule has 0 amide bonds. The van der Waals surface area contributed by atoms with Gasteiger partial charge in [0.15, 0.2) is 5.72 Å². The molecular weight excluding hydrogens is 268 g/mol. The van der Waals surface area contributed by atoms with Gasteiger partial charge < -0.3 is 10.4 Å². The molecule has 2 aromatic rings. The number of β-amino-alcohol motifs (C(OH)–C–C–N with tert-alkyl or cyclic N) is 1. The van der Waals surface area contributed by atoms with Gasteiger partial charge in [0.05, 0.1) is 6.54 Å². The van der Waals surface area contributed by atoms with E-state index in [1.165, 1.54) is 28.5 Å². The molecule has 1 aromatic carbocycles. The topological polar surface area (TPSA) is 66.2 Å². The fourth-order valence-electron chi connectivity index (χ4n) is 2.37. The molecule has 1 fully saturated rings. The van der Waals surface area contributed by atoms with Gasteiger partial charge >= 0.3 is 0 Å². The SMILES string of the molecule is OC1(c2ccc(F)cc2F)CNCCN1n1cncn1. The van der Waals surface area contributed by atoms with Crippen molar-refractivity contribution in [1.29, 1.82) is 0 Å². The Morgan fingerprint density at radius 3 is 2.90 bits per heavy atom. The number of nitrogens with one attached hydrogen (secondary N) is 1. The van der Waals surface area contributed by atoms with Crippen molar-refractivity contribution in [2.75, 3.05) is 24.6 Å². The van der Waals surface area contributed by atoms with E-state index in [9.17, 15) is 13.9 Å². The molecule has 2 heterocycles. The molecule has 1 unspecified atom stereocenters. The summed E-state index contributed by atoms with van der Waals surface area (Å²) in [6, 6.07) is 3.10. The minimum absolute atomic E-state index is 0.0124. The number of hydrogen-bond donors (Lipinski definition) is 2. The Kier molecular flexibility index (Phi) is 3.11. The summed E-state index contributed by atoms with van der Waals surface area (Å²) in [5.74, 6) is -1.49. The van der Waals surface area contributed by atoms with Gasteiger partial charge in [-0.25, -0.2) is 13.8 Å². The first-order valence-electron chi connectivity index (χ1n) is 6.12. The summed E-state index contributed by atoms with van der Waals surface area (Å²) >= 11 is 0. The zero-order valence-corrected chi connectivity index (χ0v) is 10.5. The number of aromatic nitrogens is 3. The number of piperazine rings is 1. The Balaban J connectivity index is 2.06. The van der Waals surface area contributed by atoms with Crippen molar-refractivity contribution >= 4 is 0 Å². The second-order valence-electron chi connectivity index (χ2n) is 4.56. The lowest BCUT2D eigenvalue weighted by atomic mass is 9.99. The molecule has 0 radical (unpaired) electrons. The van der Waals surface area contributed by atoms with E-state index in [2.05, 4.69) is 15.4 Å². The fraction of sp³-hybridized carbons (Fsp3) is 0.333. The predicted octanol–water partition coefficient (Wildman–Crippen LogP) is -0.0572. The minimum atomic E-state index is -1.66. The molecule has 20 heavy (non-hydrogen) atoms. The molecule has 8 heteroatoms. The Morgan fingerprint density at radius 2 is 2.20 bits per heavy atom. The smallest absolute Gasteiger partial charge is 0.195 e. The molecular formula is C12H13F2N5O. The van der Waals surface area contributed by atoms with Crippen LogP contribution < -0.4 is 10.3 Å². The summed E-state index contributed by atoms with van der Waals surface area (Å²) in [6.45, 7) is 1.09. The third kappa shape index (κ3) is 2.02. The number of nitrogens with zero attached hydrogens (tertiary/aromatic N) is 4. The van der Waals surface area contributed by atoms with Crippen LogP contribution in [0.3, 0.4) is 0 Å². The Bertz CT molecular complexity index is 606. The zero-order valence-electron chi connectivity index (χ0n) is 10.5. The van der Waals surface area contributed by atoms with Crippen LogP contribution in [0.1, 0.15) is 5.56 Å². The molecule has 1 saturated heterocycles. The second kappa shape index (κ2) is 4.80. The van der Waals surface area contributed by atoms with Crippen molar-refractivity contribution in [3.63, 3.8) is 0 Å². The normalized spacial score (nSPS) is 23.1. The standard InChI is InChI=1S/C12H13F2N5O/c13-9-1-2-10(11(14)5-9)12(20)6-15-3-4-18(12)19-8-16-7-17-19/h1-2,5,7-8,15,20H,3-4,6H2. The van der Waals surface area contributed by atoms with Crippen LogP contribution in [0.5, 0.6) is 0 Å². The van der Waals surface area contributed by atoms with Crippen LogP contribution in [0.15, 0.2) is 30.9 Å². The molecule has 0 bridgehead atoms. The third-order valence-electron chi connectivity index (χ3n) is 3.32. The van der Waals surface area contributed by atoms with Crippen molar-refractivity contribution in [2.24, 2.45) is 0 Å². The fourth-order valence-corrected chi connectivity index (χ4v) is 2.37. The lowest BCUT2D eigenvalue weighted by Gasteiger charge is -2.44. The predicted molar refractivity (Wildman–Crippen MR) is 66.2 cm³/mol. The van der Waals surface area contributed by atoms with Crippen LogP contribution in [-0.4, -0.2) is 39.6 Å². The average Bonchev–Trinajstić information content (AvgIpc) is 2.92. The van der Waals surface area contributed by atoms with Gasteiger partial charge in [0.1, 0.15) is 24.3 Å². The van der Waals surface area contributed by atoms with E-state index in [1.54, 1.807) is 0 Å². The van der Waals surface area contributed by atoms with E-state index < -0.39 is 17.4 Å². The van der Waals surface area contributed by atoms with Crippen LogP contribution in [0.2, 0.25) is 0 Å². The molecule has 3 rings (SSSR count). The second-order valence-corrected chi connectivity index (χ2v) is 4.56. The van der Waals surface area contributed by atoms with Crippen molar-refractivity contribution in [3.05, 3.63) is 48.1 Å². The highest BCUT2D eigenvalue weighted by atomic mass is 19.1. The quantitative estimate of drug-likeness (QED) is 0.807. The highest BCUT2D eigenvalue weighted by molar-refractivity contribution is 5.29. The van der Waals surface area contributed by atoms with E-state index in [4.69, 9.17) is 0 Å². The zero-order chi connectivity index (χ0) is 14.2. The summed E-state index contributed by atoms with van der Waals surface area (Å²) in [6.07, 6.45) is 2.74.